The monoisotopic (exact) mass is 326 g/mol. The van der Waals surface area contributed by atoms with Gasteiger partial charge < -0.3 is 4.74 Å². The van der Waals surface area contributed by atoms with Crippen molar-refractivity contribution >= 4 is 0 Å². The van der Waals surface area contributed by atoms with Crippen molar-refractivity contribution in [3.63, 3.8) is 0 Å². The van der Waals surface area contributed by atoms with Crippen LogP contribution >= 0.6 is 0 Å². The average Bonchev–Trinajstić information content (AvgIpc) is 3.10. The van der Waals surface area contributed by atoms with Gasteiger partial charge in [0.1, 0.15) is 0 Å². The fourth-order valence-electron chi connectivity index (χ4n) is 4.94. The van der Waals surface area contributed by atoms with E-state index < -0.39 is 0 Å². The van der Waals surface area contributed by atoms with Gasteiger partial charge in [0.05, 0.1) is 6.10 Å². The van der Waals surface area contributed by atoms with Crippen LogP contribution in [0.15, 0.2) is 36.9 Å². The number of rotatable bonds is 7. The molecule has 0 amide bonds. The average molecular weight is 327 g/mol. The Kier molecular flexibility index (Phi) is 6.54. The minimum atomic E-state index is 0.556. The largest absolute Gasteiger partial charge is 0.378 e. The van der Waals surface area contributed by atoms with Gasteiger partial charge in [-0.05, 0) is 93.6 Å². The summed E-state index contributed by atoms with van der Waals surface area (Å²) in [6.07, 6.45) is 14.4. The first kappa shape index (κ1) is 17.7. The van der Waals surface area contributed by atoms with Crippen molar-refractivity contribution in [1.29, 1.82) is 0 Å². The molecule has 2 atom stereocenters. The van der Waals surface area contributed by atoms with E-state index in [9.17, 15) is 0 Å². The lowest BCUT2D eigenvalue weighted by atomic mass is 9.73. The molecule has 0 bridgehead atoms. The van der Waals surface area contributed by atoms with Gasteiger partial charge in [0.15, 0.2) is 0 Å². The molecule has 1 heteroatoms. The molecule has 2 aliphatic rings. The number of hydrogen-bond acceptors (Lipinski definition) is 1. The van der Waals surface area contributed by atoms with Crippen LogP contribution in [0.4, 0.5) is 0 Å². The quantitative estimate of drug-likeness (QED) is 0.535. The van der Waals surface area contributed by atoms with Gasteiger partial charge in [-0.1, -0.05) is 30.3 Å². The van der Waals surface area contributed by atoms with Crippen LogP contribution in [0.3, 0.4) is 0 Å². The maximum Gasteiger partial charge on any atom is 0.0577 e. The van der Waals surface area contributed by atoms with Gasteiger partial charge in [-0.3, -0.25) is 0 Å². The Morgan fingerprint density at radius 2 is 1.71 bits per heavy atom. The van der Waals surface area contributed by atoms with Gasteiger partial charge in [-0.25, -0.2) is 0 Å². The highest BCUT2D eigenvalue weighted by Gasteiger charge is 2.33. The molecule has 2 unspecified atom stereocenters. The Balaban J connectivity index is 1.47. The second kappa shape index (κ2) is 8.85. The zero-order valence-corrected chi connectivity index (χ0v) is 15.4. The molecular formula is C23H34O. The second-order valence-corrected chi connectivity index (χ2v) is 7.83. The van der Waals surface area contributed by atoms with Gasteiger partial charge in [0.25, 0.3) is 0 Å². The van der Waals surface area contributed by atoms with E-state index in [2.05, 4.69) is 37.8 Å². The Bertz CT molecular complexity index is 495. The van der Waals surface area contributed by atoms with E-state index in [-0.39, 0.29) is 0 Å². The lowest BCUT2D eigenvalue weighted by Gasteiger charge is -2.32. The van der Waals surface area contributed by atoms with E-state index in [0.717, 1.165) is 37.2 Å². The Labute approximate surface area is 148 Å². The fraction of sp³-hybridized carbons (Fsp3) is 0.652. The zero-order chi connectivity index (χ0) is 16.8. The van der Waals surface area contributed by atoms with E-state index in [1.54, 1.807) is 5.56 Å². The van der Waals surface area contributed by atoms with Gasteiger partial charge in [0.2, 0.25) is 0 Å². The second-order valence-electron chi connectivity index (χ2n) is 7.83. The molecule has 0 aromatic heterocycles. The van der Waals surface area contributed by atoms with E-state index in [1.165, 1.54) is 50.5 Å². The number of benzene rings is 1. The van der Waals surface area contributed by atoms with E-state index >= 15 is 0 Å². The number of ether oxygens (including phenoxy) is 1. The minimum Gasteiger partial charge on any atom is -0.378 e. The van der Waals surface area contributed by atoms with Crippen molar-refractivity contribution in [3.05, 3.63) is 48.0 Å². The molecular weight excluding hydrogens is 292 g/mol. The normalized spacial score (nSPS) is 30.4. The molecule has 0 spiro atoms. The van der Waals surface area contributed by atoms with E-state index in [1.807, 2.05) is 6.08 Å². The lowest BCUT2D eigenvalue weighted by Crippen LogP contribution is -2.20. The molecule has 1 aromatic carbocycles. The Morgan fingerprint density at radius 3 is 2.38 bits per heavy atom. The number of aryl methyl sites for hydroxylation is 1. The SMILES string of the molecule is C=CCCc1ccc(C2CCC(C3CCC(OCC)C3)CC2)cc1. The molecule has 1 aromatic rings. The molecule has 0 aliphatic heterocycles. The number of hydrogen-bond donors (Lipinski definition) is 0. The van der Waals surface area contributed by atoms with Crippen LogP contribution in [0.2, 0.25) is 0 Å². The maximum atomic E-state index is 5.85. The topological polar surface area (TPSA) is 9.23 Å². The summed E-state index contributed by atoms with van der Waals surface area (Å²) in [5.74, 6) is 2.68. The summed E-state index contributed by atoms with van der Waals surface area (Å²) in [4.78, 5) is 0. The van der Waals surface area contributed by atoms with Crippen molar-refractivity contribution in [1.82, 2.24) is 0 Å². The van der Waals surface area contributed by atoms with Crippen LogP contribution < -0.4 is 0 Å². The number of allylic oxidation sites excluding steroid dienone is 1. The third-order valence-corrected chi connectivity index (χ3v) is 6.35. The van der Waals surface area contributed by atoms with Crippen LogP contribution in [0.1, 0.15) is 75.3 Å². The van der Waals surface area contributed by atoms with Crippen molar-refractivity contribution in [2.75, 3.05) is 6.61 Å². The maximum absolute atomic E-state index is 5.85. The first-order valence-corrected chi connectivity index (χ1v) is 10.1. The summed E-state index contributed by atoms with van der Waals surface area (Å²) in [7, 11) is 0. The molecule has 1 nitrogen and oxygen atoms in total. The summed E-state index contributed by atoms with van der Waals surface area (Å²) in [5.41, 5.74) is 3.01. The molecule has 0 heterocycles. The van der Waals surface area contributed by atoms with Gasteiger partial charge in [0, 0.05) is 6.61 Å². The summed E-state index contributed by atoms with van der Waals surface area (Å²) >= 11 is 0. The van der Waals surface area contributed by atoms with Crippen molar-refractivity contribution in [3.8, 4) is 0 Å². The highest BCUT2D eigenvalue weighted by atomic mass is 16.5. The first-order valence-electron chi connectivity index (χ1n) is 10.1. The van der Waals surface area contributed by atoms with Crippen LogP contribution in [0.25, 0.3) is 0 Å². The van der Waals surface area contributed by atoms with Crippen LogP contribution in [-0.2, 0) is 11.2 Å². The first-order chi connectivity index (χ1) is 11.8. The molecule has 24 heavy (non-hydrogen) atoms. The van der Waals surface area contributed by atoms with Gasteiger partial charge >= 0.3 is 0 Å². The van der Waals surface area contributed by atoms with Crippen LogP contribution in [-0.4, -0.2) is 12.7 Å². The lowest BCUT2D eigenvalue weighted by molar-refractivity contribution is 0.0614. The van der Waals surface area contributed by atoms with E-state index in [0.29, 0.717) is 6.10 Å². The Morgan fingerprint density at radius 1 is 1.00 bits per heavy atom. The highest BCUT2D eigenvalue weighted by Crippen LogP contribution is 2.44. The molecule has 3 rings (SSSR count). The van der Waals surface area contributed by atoms with Gasteiger partial charge in [-0.15, -0.1) is 6.58 Å². The third kappa shape index (κ3) is 4.51. The van der Waals surface area contributed by atoms with E-state index in [4.69, 9.17) is 4.74 Å². The molecule has 2 saturated carbocycles. The minimum absolute atomic E-state index is 0.556. The molecule has 132 valence electrons. The van der Waals surface area contributed by atoms with Crippen LogP contribution in [0, 0.1) is 11.8 Å². The smallest absolute Gasteiger partial charge is 0.0577 e. The molecule has 2 fully saturated rings. The molecule has 0 radical (unpaired) electrons. The predicted molar refractivity (Wildman–Crippen MR) is 102 cm³/mol. The predicted octanol–water partition coefficient (Wildman–Crippen LogP) is 6.28. The zero-order valence-electron chi connectivity index (χ0n) is 15.4. The molecule has 2 aliphatic carbocycles. The molecule has 0 N–H and O–H groups in total. The highest BCUT2D eigenvalue weighted by molar-refractivity contribution is 5.26. The standard InChI is InChI=1S/C23H34O/c1-3-5-6-18-7-9-19(10-8-18)20-11-13-21(14-12-20)22-15-16-23(17-22)24-4-2/h3,7-10,20-23H,1,4-6,11-17H2,2H3. The van der Waals surface area contributed by atoms with Crippen molar-refractivity contribution < 1.29 is 4.74 Å². The van der Waals surface area contributed by atoms with Crippen molar-refractivity contribution in [2.24, 2.45) is 11.8 Å². The summed E-state index contributed by atoms with van der Waals surface area (Å²) in [5, 5.41) is 0. The fourth-order valence-corrected chi connectivity index (χ4v) is 4.94. The third-order valence-electron chi connectivity index (χ3n) is 6.35. The van der Waals surface area contributed by atoms with Gasteiger partial charge in [-0.2, -0.15) is 0 Å². The summed E-state index contributed by atoms with van der Waals surface area (Å²) in [6, 6.07) is 9.41. The summed E-state index contributed by atoms with van der Waals surface area (Å²) in [6.45, 7) is 6.82. The van der Waals surface area contributed by atoms with Crippen LogP contribution in [0.5, 0.6) is 0 Å². The molecule has 0 saturated heterocycles. The summed E-state index contributed by atoms with van der Waals surface area (Å²) < 4.78 is 5.85. The Hall–Kier alpha value is -1.08. The van der Waals surface area contributed by atoms with Crippen molar-refractivity contribution in [2.45, 2.75) is 76.7 Å².